The molecule has 0 saturated carbocycles. The van der Waals surface area contributed by atoms with Crippen molar-refractivity contribution in [2.45, 2.75) is 45.1 Å². The summed E-state index contributed by atoms with van der Waals surface area (Å²) < 4.78 is 0. The fourth-order valence-corrected chi connectivity index (χ4v) is 4.41. The molecule has 0 unspecified atom stereocenters. The number of carboxylic acids is 1. The van der Waals surface area contributed by atoms with Crippen LogP contribution < -0.4 is 5.32 Å². The number of rotatable bonds is 8. The van der Waals surface area contributed by atoms with Crippen molar-refractivity contribution >= 4 is 11.9 Å². The summed E-state index contributed by atoms with van der Waals surface area (Å²) in [5.74, 6) is -0.513. The first-order valence-electron chi connectivity index (χ1n) is 10.8. The number of aryl methyl sites for hydroxylation is 1. The number of nitrogens with zero attached hydrogens (tertiary/aromatic N) is 1. The zero-order valence-electron chi connectivity index (χ0n) is 18.3. The average molecular weight is 425 g/mol. The second-order valence-corrected chi connectivity index (χ2v) is 8.84. The summed E-state index contributed by atoms with van der Waals surface area (Å²) in [4.78, 5) is 24.8. The summed E-state index contributed by atoms with van der Waals surface area (Å²) in [6.07, 6.45) is 1.89. The number of piperidine rings is 1. The Labute approximate surface area is 183 Å². The number of hydrogen-bond donors (Lipinski definition) is 3. The molecule has 3 N–H and O–H groups in total. The van der Waals surface area contributed by atoms with Crippen LogP contribution in [0.3, 0.4) is 0 Å². The van der Waals surface area contributed by atoms with Gasteiger partial charge in [-0.1, -0.05) is 50.2 Å². The molecule has 166 valence electrons. The standard InChI is InChI=1S/C25H32N2O4/c1-18-16-27(12-11-25(18,2)21-7-4-8-22(28)14-21)17-20-6-3-5-19(13-20)9-10-23(29)26-15-24(30)31/h3-8,13-14,18,28H,9-12,15-17H2,1-2H3,(H,26,29)(H,30,31)/t18-,25+/m0/s1. The first-order chi connectivity index (χ1) is 14.8. The Morgan fingerprint density at radius 2 is 1.90 bits per heavy atom. The number of hydrogen-bond acceptors (Lipinski definition) is 4. The molecule has 2 aromatic carbocycles. The zero-order chi connectivity index (χ0) is 22.4. The van der Waals surface area contributed by atoms with Crippen LogP contribution in [0.5, 0.6) is 5.75 Å². The minimum Gasteiger partial charge on any atom is -0.508 e. The normalized spacial score (nSPS) is 21.5. The predicted octanol–water partition coefficient (Wildman–Crippen LogP) is 3.33. The van der Waals surface area contributed by atoms with E-state index in [4.69, 9.17) is 5.11 Å². The van der Waals surface area contributed by atoms with Crippen LogP contribution in [0.2, 0.25) is 0 Å². The van der Waals surface area contributed by atoms with Crippen LogP contribution in [0.4, 0.5) is 0 Å². The fourth-order valence-electron chi connectivity index (χ4n) is 4.41. The average Bonchev–Trinajstić information content (AvgIpc) is 2.74. The third kappa shape index (κ3) is 6.07. The summed E-state index contributed by atoms with van der Waals surface area (Å²) in [5, 5.41) is 20.9. The highest BCUT2D eigenvalue weighted by Gasteiger charge is 2.38. The van der Waals surface area contributed by atoms with Crippen LogP contribution in [0, 0.1) is 5.92 Å². The van der Waals surface area contributed by atoms with Crippen LogP contribution in [0.25, 0.3) is 0 Å². The van der Waals surface area contributed by atoms with Gasteiger partial charge in [0.15, 0.2) is 0 Å². The van der Waals surface area contributed by atoms with Gasteiger partial charge < -0.3 is 15.5 Å². The lowest BCUT2D eigenvalue weighted by Crippen LogP contribution is -2.46. The highest BCUT2D eigenvalue weighted by atomic mass is 16.4. The van der Waals surface area contributed by atoms with Crippen LogP contribution in [-0.4, -0.2) is 46.6 Å². The number of carbonyl (C=O) groups is 2. The predicted molar refractivity (Wildman–Crippen MR) is 120 cm³/mol. The number of aliphatic carboxylic acids is 1. The van der Waals surface area contributed by atoms with Gasteiger partial charge in [0.05, 0.1) is 0 Å². The molecule has 6 heteroatoms. The van der Waals surface area contributed by atoms with Gasteiger partial charge in [0.1, 0.15) is 12.3 Å². The lowest BCUT2D eigenvalue weighted by atomic mass is 9.68. The Hall–Kier alpha value is -2.86. The van der Waals surface area contributed by atoms with E-state index in [1.807, 2.05) is 24.3 Å². The van der Waals surface area contributed by atoms with Crippen molar-refractivity contribution in [1.29, 1.82) is 0 Å². The number of phenols is 1. The topological polar surface area (TPSA) is 89.9 Å². The molecule has 1 heterocycles. The van der Waals surface area contributed by atoms with Crippen molar-refractivity contribution in [3.63, 3.8) is 0 Å². The molecule has 31 heavy (non-hydrogen) atoms. The largest absolute Gasteiger partial charge is 0.508 e. The highest BCUT2D eigenvalue weighted by Crippen LogP contribution is 2.40. The van der Waals surface area contributed by atoms with Crippen molar-refractivity contribution < 1.29 is 19.8 Å². The molecule has 2 atom stereocenters. The van der Waals surface area contributed by atoms with Crippen molar-refractivity contribution in [2.75, 3.05) is 19.6 Å². The number of carbonyl (C=O) groups excluding carboxylic acids is 1. The van der Waals surface area contributed by atoms with Gasteiger partial charge in [-0.3, -0.25) is 14.5 Å². The Balaban J connectivity index is 1.56. The Morgan fingerprint density at radius 1 is 1.16 bits per heavy atom. The lowest BCUT2D eigenvalue weighted by Gasteiger charge is -2.45. The third-order valence-electron chi connectivity index (χ3n) is 6.55. The first kappa shape index (κ1) is 22.8. The van der Waals surface area contributed by atoms with Crippen LogP contribution in [0.15, 0.2) is 48.5 Å². The molecule has 0 aromatic heterocycles. The second kappa shape index (κ2) is 9.96. The van der Waals surface area contributed by atoms with Gasteiger partial charge in [-0.15, -0.1) is 0 Å². The molecule has 1 saturated heterocycles. The minimum atomic E-state index is -1.04. The Kier molecular flexibility index (Phi) is 7.33. The van der Waals surface area contributed by atoms with E-state index < -0.39 is 5.97 Å². The summed E-state index contributed by atoms with van der Waals surface area (Å²) in [6.45, 7) is 7.06. The van der Waals surface area contributed by atoms with Crippen LogP contribution >= 0.6 is 0 Å². The molecule has 1 aliphatic rings. The molecule has 0 bridgehead atoms. The Morgan fingerprint density at radius 3 is 2.61 bits per heavy atom. The highest BCUT2D eigenvalue weighted by molar-refractivity contribution is 5.81. The van der Waals surface area contributed by atoms with Gasteiger partial charge in [0, 0.05) is 19.5 Å². The van der Waals surface area contributed by atoms with Crippen molar-refractivity contribution in [3.8, 4) is 5.75 Å². The number of carboxylic acid groups (broad SMARTS) is 1. The fraction of sp³-hybridized carbons (Fsp3) is 0.440. The van der Waals surface area contributed by atoms with Gasteiger partial charge in [0.25, 0.3) is 0 Å². The van der Waals surface area contributed by atoms with Gasteiger partial charge in [0.2, 0.25) is 5.91 Å². The van der Waals surface area contributed by atoms with E-state index in [0.29, 0.717) is 18.1 Å². The number of amides is 1. The maximum atomic E-state index is 11.8. The molecule has 1 aliphatic heterocycles. The molecule has 0 radical (unpaired) electrons. The smallest absolute Gasteiger partial charge is 0.322 e. The van der Waals surface area contributed by atoms with Crippen LogP contribution in [-0.2, 0) is 28.0 Å². The number of likely N-dealkylation sites (tertiary alicyclic amines) is 1. The first-order valence-corrected chi connectivity index (χ1v) is 10.8. The number of nitrogens with one attached hydrogen (secondary N) is 1. The quantitative estimate of drug-likeness (QED) is 0.605. The molecular weight excluding hydrogens is 392 g/mol. The third-order valence-corrected chi connectivity index (χ3v) is 6.55. The van der Waals surface area contributed by atoms with E-state index in [1.165, 1.54) is 11.1 Å². The number of benzene rings is 2. The molecule has 1 fully saturated rings. The number of aromatic hydroxyl groups is 1. The van der Waals surface area contributed by atoms with E-state index in [9.17, 15) is 14.7 Å². The maximum absolute atomic E-state index is 11.8. The zero-order valence-corrected chi connectivity index (χ0v) is 18.3. The van der Waals surface area contributed by atoms with Crippen molar-refractivity contribution in [2.24, 2.45) is 5.92 Å². The molecule has 6 nitrogen and oxygen atoms in total. The summed E-state index contributed by atoms with van der Waals surface area (Å²) >= 11 is 0. The van der Waals surface area contributed by atoms with E-state index in [0.717, 1.165) is 31.6 Å². The molecule has 0 aliphatic carbocycles. The van der Waals surface area contributed by atoms with Crippen LogP contribution in [0.1, 0.15) is 43.4 Å². The van der Waals surface area contributed by atoms with Crippen molar-refractivity contribution in [1.82, 2.24) is 10.2 Å². The Bertz CT molecular complexity index is 929. The molecule has 2 aromatic rings. The molecule has 3 rings (SSSR count). The summed E-state index contributed by atoms with van der Waals surface area (Å²) in [7, 11) is 0. The van der Waals surface area contributed by atoms with E-state index in [1.54, 1.807) is 6.07 Å². The molecular formula is C25H32N2O4. The van der Waals surface area contributed by atoms with Gasteiger partial charge in [-0.05, 0) is 59.5 Å². The SMILES string of the molecule is C[C@H]1CN(Cc2cccc(CCC(=O)NCC(=O)O)c2)CC[C@@]1(C)c1cccc(O)c1. The summed E-state index contributed by atoms with van der Waals surface area (Å²) in [5.41, 5.74) is 3.54. The van der Waals surface area contributed by atoms with E-state index >= 15 is 0 Å². The van der Waals surface area contributed by atoms with Gasteiger partial charge in [-0.25, -0.2) is 0 Å². The van der Waals surface area contributed by atoms with Gasteiger partial charge in [-0.2, -0.15) is 0 Å². The molecule has 1 amide bonds. The van der Waals surface area contributed by atoms with E-state index in [2.05, 4.69) is 42.3 Å². The maximum Gasteiger partial charge on any atom is 0.322 e. The van der Waals surface area contributed by atoms with Crippen molar-refractivity contribution in [3.05, 3.63) is 65.2 Å². The number of phenolic OH excluding ortho intramolecular Hbond substituents is 1. The minimum absolute atomic E-state index is 0.0421. The van der Waals surface area contributed by atoms with Gasteiger partial charge >= 0.3 is 5.97 Å². The summed E-state index contributed by atoms with van der Waals surface area (Å²) in [6, 6.07) is 15.9. The monoisotopic (exact) mass is 424 g/mol. The molecule has 0 spiro atoms. The second-order valence-electron chi connectivity index (χ2n) is 8.84. The van der Waals surface area contributed by atoms with E-state index in [-0.39, 0.29) is 24.3 Å². The lowest BCUT2D eigenvalue weighted by molar-refractivity contribution is -0.137.